The number of fused-ring (bicyclic) bond motifs is 1. The average Bonchev–Trinajstić information content (AvgIpc) is 3.38. The van der Waals surface area contributed by atoms with Crippen LogP contribution in [0.2, 0.25) is 0 Å². The molecule has 6 atom stereocenters. The maximum Gasteiger partial charge on any atom is 0.465 e. The van der Waals surface area contributed by atoms with Crippen molar-refractivity contribution in [1.82, 2.24) is 0 Å². The first-order chi connectivity index (χ1) is 16.8. The molecule has 1 N–H and O–H groups in total. The fourth-order valence-electron chi connectivity index (χ4n) is 9.16. The molecule has 0 aromatic heterocycles. The monoisotopic (exact) mass is 532 g/mol. The highest BCUT2D eigenvalue weighted by Gasteiger charge is 2.72. The van der Waals surface area contributed by atoms with E-state index in [9.17, 15) is 31.6 Å². The SMILES string of the molecule is CC(C)C1(OC(=O)C2C3CC4C(OC(=O)C42)C3OC(=O)C(F)(F)S(=O)(=O)O)C2CC3CC(C2)CC1C3. The van der Waals surface area contributed by atoms with Crippen LogP contribution in [0.1, 0.15) is 52.4 Å². The van der Waals surface area contributed by atoms with Crippen molar-refractivity contribution in [1.29, 1.82) is 0 Å². The molecule has 1 aliphatic heterocycles. The van der Waals surface area contributed by atoms with E-state index in [-0.39, 0.29) is 24.2 Å². The number of esters is 3. The lowest BCUT2D eigenvalue weighted by molar-refractivity contribution is -0.231. The maximum atomic E-state index is 13.9. The fourth-order valence-corrected chi connectivity index (χ4v) is 9.42. The molecule has 0 spiro atoms. The van der Waals surface area contributed by atoms with Gasteiger partial charge in [-0.05, 0) is 68.1 Å². The van der Waals surface area contributed by atoms with Gasteiger partial charge in [0.15, 0.2) is 0 Å². The molecule has 36 heavy (non-hydrogen) atoms. The molecular formula is C24H30F2O9S. The molecule has 0 aromatic rings. The van der Waals surface area contributed by atoms with E-state index in [1.54, 1.807) is 0 Å². The normalized spacial score (nSPS) is 46.3. The fraction of sp³-hybridized carbons (Fsp3) is 0.875. The molecule has 1 saturated heterocycles. The number of rotatable bonds is 6. The summed E-state index contributed by atoms with van der Waals surface area (Å²) >= 11 is 0. The Labute approximate surface area is 207 Å². The largest absolute Gasteiger partial charge is 0.465 e. The smallest absolute Gasteiger partial charge is 0.458 e. The Hall–Kier alpha value is -1.82. The van der Waals surface area contributed by atoms with Crippen LogP contribution in [-0.4, -0.2) is 53.9 Å². The van der Waals surface area contributed by atoms with Gasteiger partial charge in [0.2, 0.25) is 0 Å². The van der Waals surface area contributed by atoms with Crippen LogP contribution in [0.25, 0.3) is 0 Å². The quantitative estimate of drug-likeness (QED) is 0.311. The van der Waals surface area contributed by atoms with E-state index in [1.807, 2.05) is 13.8 Å². The summed E-state index contributed by atoms with van der Waals surface area (Å²) in [7, 11) is -6.06. The van der Waals surface area contributed by atoms with Crippen molar-refractivity contribution in [2.45, 2.75) is 75.4 Å². The molecule has 12 heteroatoms. The molecule has 7 aliphatic rings. The number of alkyl halides is 2. The average molecular weight is 533 g/mol. The molecule has 200 valence electrons. The number of carbonyl (C=O) groups is 3. The molecule has 6 aliphatic carbocycles. The zero-order chi connectivity index (χ0) is 25.9. The summed E-state index contributed by atoms with van der Waals surface area (Å²) in [6.07, 6.45) is 2.95. The molecule has 1 heterocycles. The minimum absolute atomic E-state index is 0.0420. The Morgan fingerprint density at radius 2 is 1.64 bits per heavy atom. The number of hydrogen-bond acceptors (Lipinski definition) is 8. The van der Waals surface area contributed by atoms with Crippen molar-refractivity contribution in [3.8, 4) is 0 Å². The number of halogens is 2. The second kappa shape index (κ2) is 7.61. The van der Waals surface area contributed by atoms with E-state index in [4.69, 9.17) is 18.8 Å². The standard InChI is InChI=1S/C24H30F2O9S/c1-9(2)23(12-4-10-3-11(6-12)7-13(23)5-10)35-21(28)17-15-8-14-16(17)20(27)33-18(14)19(15)34-22(29)24(25,26)36(30,31)32/h9-19H,3-8H2,1-2H3,(H,30,31,32). The summed E-state index contributed by atoms with van der Waals surface area (Å²) in [4.78, 5) is 38.5. The summed E-state index contributed by atoms with van der Waals surface area (Å²) in [5.74, 6) is -5.17. The number of carbonyl (C=O) groups excluding carboxylic acids is 3. The molecule has 9 nitrogen and oxygen atoms in total. The molecule has 7 fully saturated rings. The highest BCUT2D eigenvalue weighted by atomic mass is 32.2. The second-order valence-electron chi connectivity index (χ2n) is 12.1. The van der Waals surface area contributed by atoms with Gasteiger partial charge in [0.1, 0.15) is 17.8 Å². The van der Waals surface area contributed by atoms with Crippen LogP contribution in [0.15, 0.2) is 0 Å². The van der Waals surface area contributed by atoms with Gasteiger partial charge >= 0.3 is 33.3 Å². The summed E-state index contributed by atoms with van der Waals surface area (Å²) in [5.41, 5.74) is -0.668. The Morgan fingerprint density at radius 1 is 1.06 bits per heavy atom. The van der Waals surface area contributed by atoms with Crippen molar-refractivity contribution in [3.05, 3.63) is 0 Å². The molecular weight excluding hydrogens is 502 g/mol. The van der Waals surface area contributed by atoms with E-state index in [1.165, 1.54) is 6.42 Å². The van der Waals surface area contributed by atoms with E-state index in [0.29, 0.717) is 11.8 Å². The molecule has 0 radical (unpaired) electrons. The van der Waals surface area contributed by atoms with E-state index < -0.39 is 74.8 Å². The van der Waals surface area contributed by atoms with E-state index >= 15 is 0 Å². The highest BCUT2D eigenvalue weighted by molar-refractivity contribution is 7.87. The van der Waals surface area contributed by atoms with E-state index in [2.05, 4.69) is 0 Å². The Bertz CT molecular complexity index is 1090. The van der Waals surface area contributed by atoms with Crippen molar-refractivity contribution in [3.63, 3.8) is 0 Å². The van der Waals surface area contributed by atoms with Gasteiger partial charge < -0.3 is 14.2 Å². The van der Waals surface area contributed by atoms with Gasteiger partial charge in [-0.15, -0.1) is 0 Å². The van der Waals surface area contributed by atoms with Crippen LogP contribution in [0, 0.1) is 53.3 Å². The molecule has 7 rings (SSSR count). The van der Waals surface area contributed by atoms with Gasteiger partial charge in [-0.3, -0.25) is 14.1 Å². The van der Waals surface area contributed by atoms with Crippen molar-refractivity contribution < 1.29 is 50.3 Å². The third-order valence-corrected chi connectivity index (χ3v) is 11.0. The topological polar surface area (TPSA) is 133 Å². The lowest BCUT2D eigenvalue weighted by Crippen LogP contribution is -2.63. The molecule has 6 unspecified atom stereocenters. The zero-order valence-electron chi connectivity index (χ0n) is 20.0. The predicted molar refractivity (Wildman–Crippen MR) is 116 cm³/mol. The third kappa shape index (κ3) is 3.12. The third-order valence-electron chi connectivity index (χ3n) is 10.2. The van der Waals surface area contributed by atoms with Crippen LogP contribution >= 0.6 is 0 Å². The summed E-state index contributed by atoms with van der Waals surface area (Å²) in [5, 5.41) is -5.19. The van der Waals surface area contributed by atoms with Crippen LogP contribution in [-0.2, 0) is 38.7 Å². The first-order valence-corrected chi connectivity index (χ1v) is 14.2. The van der Waals surface area contributed by atoms with Crippen molar-refractivity contribution in [2.75, 3.05) is 0 Å². The minimum atomic E-state index is -6.06. The van der Waals surface area contributed by atoms with Crippen LogP contribution in [0.5, 0.6) is 0 Å². The van der Waals surface area contributed by atoms with Crippen LogP contribution < -0.4 is 0 Å². The first kappa shape index (κ1) is 24.5. The van der Waals surface area contributed by atoms with E-state index in [0.717, 1.165) is 25.7 Å². The number of ether oxygens (including phenoxy) is 3. The Morgan fingerprint density at radius 3 is 2.17 bits per heavy atom. The van der Waals surface area contributed by atoms with Gasteiger partial charge in [0, 0.05) is 11.8 Å². The van der Waals surface area contributed by atoms with Crippen LogP contribution in [0.4, 0.5) is 8.78 Å². The number of hydrogen-bond donors (Lipinski definition) is 1. The Kier molecular flexibility index (Phi) is 5.18. The first-order valence-electron chi connectivity index (χ1n) is 12.7. The van der Waals surface area contributed by atoms with Crippen molar-refractivity contribution in [2.24, 2.45) is 53.3 Å². The zero-order valence-corrected chi connectivity index (χ0v) is 20.8. The second-order valence-corrected chi connectivity index (χ2v) is 13.6. The lowest BCUT2D eigenvalue weighted by Gasteiger charge is -2.62. The molecule has 0 aromatic carbocycles. The van der Waals surface area contributed by atoms with Crippen LogP contribution in [0.3, 0.4) is 0 Å². The van der Waals surface area contributed by atoms with Gasteiger partial charge in [-0.1, -0.05) is 13.8 Å². The maximum absolute atomic E-state index is 13.9. The van der Waals surface area contributed by atoms with Gasteiger partial charge in [-0.2, -0.15) is 17.2 Å². The Balaban J connectivity index is 1.27. The summed E-state index contributed by atoms with van der Waals surface area (Å²) < 4.78 is 75.1. The van der Waals surface area contributed by atoms with Crippen molar-refractivity contribution >= 4 is 28.0 Å². The molecule has 6 saturated carbocycles. The summed E-state index contributed by atoms with van der Waals surface area (Å²) in [6, 6.07) is 0. The predicted octanol–water partition coefficient (Wildman–Crippen LogP) is 2.58. The minimum Gasteiger partial charge on any atom is -0.458 e. The van der Waals surface area contributed by atoms with Gasteiger partial charge in [0.25, 0.3) is 0 Å². The highest BCUT2D eigenvalue weighted by Crippen LogP contribution is 2.64. The van der Waals surface area contributed by atoms with Gasteiger partial charge in [-0.25, -0.2) is 4.79 Å². The van der Waals surface area contributed by atoms with Gasteiger partial charge in [0.05, 0.1) is 11.8 Å². The molecule has 0 amide bonds. The lowest BCUT2D eigenvalue weighted by atomic mass is 9.47. The molecule has 6 bridgehead atoms. The summed E-state index contributed by atoms with van der Waals surface area (Å²) in [6.45, 7) is 4.08.